The maximum atomic E-state index is 12.1. The molecule has 0 aliphatic carbocycles. The Balaban J connectivity index is 1.94. The molecule has 0 amide bonds. The van der Waals surface area contributed by atoms with E-state index in [1.807, 2.05) is 11.8 Å². The van der Waals surface area contributed by atoms with Gasteiger partial charge in [0, 0.05) is 25.2 Å². The zero-order chi connectivity index (χ0) is 18.0. The van der Waals surface area contributed by atoms with Gasteiger partial charge in [-0.1, -0.05) is 17.4 Å². The van der Waals surface area contributed by atoms with E-state index in [9.17, 15) is 14.9 Å². The van der Waals surface area contributed by atoms with Gasteiger partial charge in [0.1, 0.15) is 17.9 Å². The molecular formula is C16H19N5O4. The Morgan fingerprint density at radius 3 is 2.84 bits per heavy atom. The van der Waals surface area contributed by atoms with Gasteiger partial charge in [-0.05, 0) is 19.9 Å². The van der Waals surface area contributed by atoms with Crippen molar-refractivity contribution in [3.8, 4) is 0 Å². The van der Waals surface area contributed by atoms with Crippen LogP contribution in [0.2, 0.25) is 0 Å². The molecule has 2 aliphatic rings. The number of hydrogen-bond acceptors (Lipinski definition) is 8. The van der Waals surface area contributed by atoms with Crippen molar-refractivity contribution < 1.29 is 14.5 Å². The molecule has 0 spiro atoms. The first kappa shape index (κ1) is 16.9. The molecule has 9 nitrogen and oxygen atoms in total. The summed E-state index contributed by atoms with van der Waals surface area (Å²) in [5, 5.41) is 21.3. The number of nitro benzene ring substituents is 1. The summed E-state index contributed by atoms with van der Waals surface area (Å²) >= 11 is 0. The van der Waals surface area contributed by atoms with E-state index in [1.165, 1.54) is 6.07 Å². The minimum absolute atomic E-state index is 0.0293. The summed E-state index contributed by atoms with van der Waals surface area (Å²) in [4.78, 5) is 24.9. The predicted octanol–water partition coefficient (Wildman–Crippen LogP) is 2.65. The average molecular weight is 345 g/mol. The van der Waals surface area contributed by atoms with Crippen LogP contribution in [-0.2, 0) is 9.53 Å². The van der Waals surface area contributed by atoms with Crippen molar-refractivity contribution in [1.29, 1.82) is 0 Å². The summed E-state index contributed by atoms with van der Waals surface area (Å²) in [7, 11) is 0. The number of carbonyl (C=O) groups is 1. The van der Waals surface area contributed by atoms with Crippen LogP contribution in [0, 0.1) is 10.1 Å². The van der Waals surface area contributed by atoms with Crippen molar-refractivity contribution in [2.45, 2.75) is 32.5 Å². The van der Waals surface area contributed by atoms with Gasteiger partial charge in [0.15, 0.2) is 0 Å². The number of anilines is 1. The van der Waals surface area contributed by atoms with Crippen molar-refractivity contribution in [3.05, 3.63) is 46.2 Å². The summed E-state index contributed by atoms with van der Waals surface area (Å²) in [5.74, 6) is -0.362. The van der Waals surface area contributed by atoms with Crippen LogP contribution in [0.4, 0.5) is 11.4 Å². The molecule has 1 aromatic rings. The van der Waals surface area contributed by atoms with Crippen molar-refractivity contribution in [3.63, 3.8) is 0 Å². The first-order valence-electron chi connectivity index (χ1n) is 8.13. The highest BCUT2D eigenvalue weighted by molar-refractivity contribution is 5.88. The fourth-order valence-corrected chi connectivity index (χ4v) is 3.10. The van der Waals surface area contributed by atoms with Crippen molar-refractivity contribution in [2.75, 3.05) is 18.2 Å². The van der Waals surface area contributed by atoms with Gasteiger partial charge < -0.3 is 9.64 Å². The smallest absolute Gasteiger partial charge is 0.335 e. The molecule has 2 unspecified atom stereocenters. The minimum atomic E-state index is -0.433. The molecule has 0 saturated heterocycles. The highest BCUT2D eigenvalue weighted by atomic mass is 16.6. The first-order chi connectivity index (χ1) is 12.1. The van der Waals surface area contributed by atoms with E-state index in [4.69, 9.17) is 4.74 Å². The highest BCUT2D eigenvalue weighted by Crippen LogP contribution is 2.38. The number of benzene rings is 1. The highest BCUT2D eigenvalue weighted by Gasteiger charge is 2.43. The number of ether oxygens (including phenoxy) is 1. The third-order valence-corrected chi connectivity index (χ3v) is 4.21. The lowest BCUT2D eigenvalue weighted by molar-refractivity contribution is -0.384. The van der Waals surface area contributed by atoms with Gasteiger partial charge in [-0.15, -0.1) is 0 Å². The summed E-state index contributed by atoms with van der Waals surface area (Å²) in [6.07, 6.45) is 1.84. The standard InChI is InChI=1S/C16H19N5O4/c1-3-19-10-11(16(22)25-4-2)9-12-15(19)20(18-17-12)13-7-5-6-8-14(13)21(23)24/h5-8,10,12,15H,3-4,9H2,1-2H3. The number of para-hydroxylation sites is 2. The molecule has 2 aliphatic heterocycles. The molecular weight excluding hydrogens is 326 g/mol. The fraction of sp³-hybridized carbons (Fsp3) is 0.438. The number of carbonyl (C=O) groups excluding carboxylic acids is 1. The Morgan fingerprint density at radius 2 is 2.16 bits per heavy atom. The number of likely N-dealkylation sites (N-methyl/N-ethyl adjacent to an activating group) is 1. The Morgan fingerprint density at radius 1 is 1.40 bits per heavy atom. The summed E-state index contributed by atoms with van der Waals surface area (Å²) in [6, 6.07) is 6.15. The number of nitrogens with zero attached hydrogens (tertiary/aromatic N) is 5. The Kier molecular flexibility index (Phi) is 4.64. The van der Waals surface area contributed by atoms with Gasteiger partial charge >= 0.3 is 5.97 Å². The second-order valence-electron chi connectivity index (χ2n) is 5.69. The van der Waals surface area contributed by atoms with E-state index in [1.54, 1.807) is 36.3 Å². The number of esters is 1. The predicted molar refractivity (Wildman–Crippen MR) is 89.7 cm³/mol. The summed E-state index contributed by atoms with van der Waals surface area (Å²) in [6.45, 7) is 4.61. The van der Waals surface area contributed by atoms with Crippen LogP contribution >= 0.6 is 0 Å². The third-order valence-electron chi connectivity index (χ3n) is 4.21. The van der Waals surface area contributed by atoms with Crippen molar-refractivity contribution >= 4 is 17.3 Å². The lowest BCUT2D eigenvalue weighted by atomic mass is 9.99. The van der Waals surface area contributed by atoms with Gasteiger partial charge in [-0.2, -0.15) is 5.11 Å². The van der Waals surface area contributed by atoms with Crippen LogP contribution in [0.5, 0.6) is 0 Å². The maximum Gasteiger partial charge on any atom is 0.335 e. The third kappa shape index (κ3) is 3.04. The number of fused-ring (bicyclic) bond motifs is 1. The number of rotatable bonds is 5. The molecule has 1 aromatic carbocycles. The van der Waals surface area contributed by atoms with Crippen LogP contribution in [0.1, 0.15) is 20.3 Å². The van der Waals surface area contributed by atoms with Crippen molar-refractivity contribution in [1.82, 2.24) is 4.90 Å². The second-order valence-corrected chi connectivity index (χ2v) is 5.69. The molecule has 9 heteroatoms. The largest absolute Gasteiger partial charge is 0.463 e. The van der Waals surface area contributed by atoms with E-state index < -0.39 is 4.92 Å². The maximum absolute atomic E-state index is 12.1. The topological polar surface area (TPSA) is 101 Å². The summed E-state index contributed by atoms with van der Waals surface area (Å²) < 4.78 is 5.08. The van der Waals surface area contributed by atoms with E-state index in [0.717, 1.165) is 0 Å². The molecule has 3 rings (SSSR count). The van der Waals surface area contributed by atoms with Gasteiger partial charge in [0.25, 0.3) is 5.69 Å². The Hall–Kier alpha value is -2.97. The molecule has 25 heavy (non-hydrogen) atoms. The zero-order valence-corrected chi connectivity index (χ0v) is 14.0. The summed E-state index contributed by atoms with van der Waals surface area (Å²) in [5.41, 5.74) is 0.891. The molecule has 2 heterocycles. The Labute approximate surface area is 144 Å². The van der Waals surface area contributed by atoms with Gasteiger partial charge in [0.05, 0.1) is 17.1 Å². The molecule has 0 aromatic heterocycles. The van der Waals surface area contributed by atoms with E-state index >= 15 is 0 Å². The molecule has 2 atom stereocenters. The van der Waals surface area contributed by atoms with Crippen molar-refractivity contribution in [2.24, 2.45) is 10.3 Å². The van der Waals surface area contributed by atoms with Crippen LogP contribution in [0.25, 0.3) is 0 Å². The fourth-order valence-electron chi connectivity index (χ4n) is 3.10. The van der Waals surface area contributed by atoms with Crippen LogP contribution < -0.4 is 5.01 Å². The van der Waals surface area contributed by atoms with Crippen LogP contribution in [0.3, 0.4) is 0 Å². The quantitative estimate of drug-likeness (QED) is 0.462. The van der Waals surface area contributed by atoms with Gasteiger partial charge in [-0.3, -0.25) is 10.1 Å². The lowest BCUT2D eigenvalue weighted by Crippen LogP contribution is -2.50. The van der Waals surface area contributed by atoms with E-state index in [-0.39, 0.29) is 23.9 Å². The van der Waals surface area contributed by atoms with E-state index in [2.05, 4.69) is 10.3 Å². The van der Waals surface area contributed by atoms with E-state index in [0.29, 0.717) is 30.8 Å². The SMILES string of the molecule is CCOC(=O)C1=CN(CC)C2C(C1)N=NN2c1ccccc1[N+](=O)[O-]. The first-order valence-corrected chi connectivity index (χ1v) is 8.13. The Bertz CT molecular complexity index is 748. The van der Waals surface area contributed by atoms with Crippen LogP contribution in [-0.4, -0.2) is 41.2 Å². The molecule has 0 saturated carbocycles. The normalized spacial score (nSPS) is 21.8. The molecule has 0 radical (unpaired) electrons. The monoisotopic (exact) mass is 345 g/mol. The lowest BCUT2D eigenvalue weighted by Gasteiger charge is -2.38. The van der Waals surface area contributed by atoms with Crippen LogP contribution in [0.15, 0.2) is 46.4 Å². The number of hydrogen-bond donors (Lipinski definition) is 0. The molecule has 0 fully saturated rings. The number of nitro groups is 1. The van der Waals surface area contributed by atoms with Gasteiger partial charge in [-0.25, -0.2) is 9.80 Å². The molecule has 0 bridgehead atoms. The minimum Gasteiger partial charge on any atom is -0.463 e. The average Bonchev–Trinajstić information content (AvgIpc) is 3.05. The molecule has 132 valence electrons. The zero-order valence-electron chi connectivity index (χ0n) is 14.0. The second kappa shape index (κ2) is 6.88. The van der Waals surface area contributed by atoms with Gasteiger partial charge in [0.2, 0.25) is 0 Å². The molecule has 0 N–H and O–H groups in total.